The van der Waals surface area contributed by atoms with E-state index in [9.17, 15) is 9.90 Å². The molecule has 1 unspecified atom stereocenters. The normalized spacial score (nSPS) is 14.1. The van der Waals surface area contributed by atoms with Crippen LogP contribution in [0.15, 0.2) is 0 Å². The van der Waals surface area contributed by atoms with Crippen LogP contribution in [0.5, 0.6) is 0 Å². The predicted molar refractivity (Wildman–Crippen MR) is 72.5 cm³/mol. The highest BCUT2D eigenvalue weighted by Crippen LogP contribution is 2.07. The molecule has 0 spiro atoms. The molecule has 1 atom stereocenters. The van der Waals surface area contributed by atoms with Crippen LogP contribution in [0.3, 0.4) is 0 Å². The summed E-state index contributed by atoms with van der Waals surface area (Å²) in [5, 5.41) is 12.6. The zero-order valence-corrected chi connectivity index (χ0v) is 12.5. The Morgan fingerprint density at radius 1 is 1.39 bits per heavy atom. The molecule has 0 saturated heterocycles. The van der Waals surface area contributed by atoms with Gasteiger partial charge in [0, 0.05) is 12.6 Å². The highest BCUT2D eigenvalue weighted by atomic mass is 16.5. The topological polar surface area (TPSA) is 61.8 Å². The van der Waals surface area contributed by atoms with Crippen LogP contribution in [0.2, 0.25) is 0 Å². The summed E-state index contributed by atoms with van der Waals surface area (Å²) in [6.45, 7) is 10.7. The lowest BCUT2D eigenvalue weighted by atomic mass is 10.2. The summed E-state index contributed by atoms with van der Waals surface area (Å²) in [5.41, 5.74) is -0.255. The third-order valence-corrected chi connectivity index (χ3v) is 2.09. The maximum atomic E-state index is 11.5. The first-order chi connectivity index (χ1) is 8.10. The first-order valence-corrected chi connectivity index (χ1v) is 6.40. The van der Waals surface area contributed by atoms with E-state index in [1.807, 2.05) is 34.6 Å². The van der Waals surface area contributed by atoms with Crippen molar-refractivity contribution in [3.8, 4) is 0 Å². The Balaban J connectivity index is 3.86. The Morgan fingerprint density at radius 2 is 1.94 bits per heavy atom. The Morgan fingerprint density at radius 3 is 2.39 bits per heavy atom. The van der Waals surface area contributed by atoms with Crippen molar-refractivity contribution < 1.29 is 14.6 Å². The van der Waals surface area contributed by atoms with Crippen molar-refractivity contribution in [2.24, 2.45) is 0 Å². The molecule has 108 valence electrons. The minimum Gasteiger partial charge on any atom is -0.389 e. The highest BCUT2D eigenvalue weighted by Gasteiger charge is 2.16. The van der Waals surface area contributed by atoms with Crippen LogP contribution in [0.1, 0.15) is 34.6 Å². The molecule has 0 aromatic rings. The lowest BCUT2D eigenvalue weighted by Crippen LogP contribution is -2.42. The summed E-state index contributed by atoms with van der Waals surface area (Å²) in [6, 6.07) is 0.139. The number of carbonyl (C=O) groups excluding carboxylic acids is 1. The molecule has 0 aliphatic carbocycles. The number of nitrogens with zero attached hydrogens (tertiary/aromatic N) is 1. The molecular formula is C13H28N2O3. The van der Waals surface area contributed by atoms with Gasteiger partial charge < -0.3 is 15.2 Å². The van der Waals surface area contributed by atoms with E-state index >= 15 is 0 Å². The maximum absolute atomic E-state index is 11.5. The van der Waals surface area contributed by atoms with Crippen molar-refractivity contribution in [3.63, 3.8) is 0 Å². The summed E-state index contributed by atoms with van der Waals surface area (Å²) in [7, 11) is 1.81. The molecule has 0 bridgehead atoms. The number of aliphatic hydroxyl groups is 1. The number of likely N-dealkylation sites (N-methyl/N-ethyl adjacent to an activating group) is 1. The number of aliphatic hydroxyl groups excluding tert-OH is 1. The van der Waals surface area contributed by atoms with Gasteiger partial charge in [-0.25, -0.2) is 0 Å². The molecule has 0 aliphatic rings. The summed E-state index contributed by atoms with van der Waals surface area (Å²) in [4.78, 5) is 13.3. The second-order valence-electron chi connectivity index (χ2n) is 6.00. The summed E-state index contributed by atoms with van der Waals surface area (Å²) in [6.07, 6.45) is -0.582. The summed E-state index contributed by atoms with van der Waals surface area (Å²) >= 11 is 0. The number of hydrogen-bond donors (Lipinski definition) is 2. The highest BCUT2D eigenvalue weighted by molar-refractivity contribution is 5.78. The molecule has 0 saturated carbocycles. The Kier molecular flexibility index (Phi) is 7.43. The average Bonchev–Trinajstić information content (AvgIpc) is 2.11. The molecule has 1 amide bonds. The molecule has 2 N–H and O–H groups in total. The fraction of sp³-hybridized carbons (Fsp3) is 0.923. The zero-order chi connectivity index (χ0) is 14.3. The smallest absolute Gasteiger partial charge is 0.234 e. The predicted octanol–water partition coefficient (Wildman–Crippen LogP) is 0.619. The lowest BCUT2D eigenvalue weighted by Gasteiger charge is -2.24. The molecule has 5 heteroatoms. The maximum Gasteiger partial charge on any atom is 0.234 e. The van der Waals surface area contributed by atoms with Gasteiger partial charge in [-0.2, -0.15) is 0 Å². The molecule has 0 aromatic heterocycles. The Hall–Kier alpha value is -0.650. The number of carbonyl (C=O) groups is 1. The third kappa shape index (κ3) is 10.5. The first kappa shape index (κ1) is 17.4. The quantitative estimate of drug-likeness (QED) is 0.704. The van der Waals surface area contributed by atoms with Gasteiger partial charge in [0.15, 0.2) is 0 Å². The van der Waals surface area contributed by atoms with Crippen LogP contribution in [-0.4, -0.2) is 60.4 Å². The minimum atomic E-state index is -0.582. The van der Waals surface area contributed by atoms with Gasteiger partial charge in [0.1, 0.15) is 0 Å². The SMILES string of the molecule is CC(C)NC(=O)CN(C)CC(O)COC(C)(C)C. The van der Waals surface area contributed by atoms with E-state index < -0.39 is 6.10 Å². The Labute approximate surface area is 110 Å². The van der Waals surface area contributed by atoms with E-state index in [4.69, 9.17) is 4.74 Å². The van der Waals surface area contributed by atoms with E-state index in [1.54, 1.807) is 11.9 Å². The molecule has 0 aliphatic heterocycles. The zero-order valence-electron chi connectivity index (χ0n) is 12.5. The van der Waals surface area contributed by atoms with Crippen LogP contribution in [0.4, 0.5) is 0 Å². The molecule has 0 rings (SSSR count). The molecule has 5 nitrogen and oxygen atoms in total. The van der Waals surface area contributed by atoms with Crippen LogP contribution in [0, 0.1) is 0 Å². The van der Waals surface area contributed by atoms with Crippen molar-refractivity contribution in [2.45, 2.75) is 52.4 Å². The van der Waals surface area contributed by atoms with Gasteiger partial charge in [-0.3, -0.25) is 9.69 Å². The van der Waals surface area contributed by atoms with Gasteiger partial charge in [-0.05, 0) is 41.7 Å². The number of rotatable bonds is 7. The molecule has 0 radical (unpaired) electrons. The molecule has 0 aromatic carbocycles. The Bertz CT molecular complexity index is 249. The van der Waals surface area contributed by atoms with Crippen LogP contribution >= 0.6 is 0 Å². The number of nitrogens with one attached hydrogen (secondary N) is 1. The van der Waals surface area contributed by atoms with Gasteiger partial charge >= 0.3 is 0 Å². The average molecular weight is 260 g/mol. The largest absolute Gasteiger partial charge is 0.389 e. The second-order valence-corrected chi connectivity index (χ2v) is 6.00. The van der Waals surface area contributed by atoms with Gasteiger partial charge in [0.25, 0.3) is 0 Å². The van der Waals surface area contributed by atoms with Gasteiger partial charge in [0.05, 0.1) is 24.9 Å². The fourth-order valence-electron chi connectivity index (χ4n) is 1.44. The first-order valence-electron chi connectivity index (χ1n) is 6.40. The van der Waals surface area contributed by atoms with Crippen molar-refractivity contribution in [3.05, 3.63) is 0 Å². The molecular weight excluding hydrogens is 232 g/mol. The van der Waals surface area contributed by atoms with E-state index in [1.165, 1.54) is 0 Å². The van der Waals surface area contributed by atoms with Crippen LogP contribution in [0.25, 0.3) is 0 Å². The van der Waals surface area contributed by atoms with E-state index in [2.05, 4.69) is 5.32 Å². The van der Waals surface area contributed by atoms with Crippen molar-refractivity contribution in [1.82, 2.24) is 10.2 Å². The number of amides is 1. The number of hydrogen-bond acceptors (Lipinski definition) is 4. The van der Waals surface area contributed by atoms with Crippen LogP contribution < -0.4 is 5.32 Å². The van der Waals surface area contributed by atoms with E-state index in [-0.39, 0.29) is 30.7 Å². The van der Waals surface area contributed by atoms with E-state index in [0.29, 0.717) is 6.54 Å². The van der Waals surface area contributed by atoms with E-state index in [0.717, 1.165) is 0 Å². The molecule has 0 heterocycles. The van der Waals surface area contributed by atoms with Gasteiger partial charge in [0.2, 0.25) is 5.91 Å². The fourth-order valence-corrected chi connectivity index (χ4v) is 1.44. The summed E-state index contributed by atoms with van der Waals surface area (Å²) < 4.78 is 5.48. The molecule has 18 heavy (non-hydrogen) atoms. The standard InChI is InChI=1S/C13H28N2O3/c1-10(2)14-12(17)8-15(6)7-11(16)9-18-13(3,4)5/h10-11,16H,7-9H2,1-6H3,(H,14,17). The van der Waals surface area contributed by atoms with Crippen molar-refractivity contribution >= 4 is 5.91 Å². The lowest BCUT2D eigenvalue weighted by molar-refractivity contribution is -0.123. The van der Waals surface area contributed by atoms with Crippen molar-refractivity contribution in [1.29, 1.82) is 0 Å². The summed E-state index contributed by atoms with van der Waals surface area (Å²) in [5.74, 6) is -0.0311. The molecule has 0 fully saturated rings. The van der Waals surface area contributed by atoms with Gasteiger partial charge in [-0.1, -0.05) is 0 Å². The van der Waals surface area contributed by atoms with Crippen molar-refractivity contribution in [2.75, 3.05) is 26.7 Å². The van der Waals surface area contributed by atoms with Gasteiger partial charge in [-0.15, -0.1) is 0 Å². The minimum absolute atomic E-state index is 0.0311. The monoisotopic (exact) mass is 260 g/mol. The second kappa shape index (κ2) is 7.71. The third-order valence-electron chi connectivity index (χ3n) is 2.09. The van der Waals surface area contributed by atoms with Crippen LogP contribution in [-0.2, 0) is 9.53 Å². The number of ether oxygens (including phenoxy) is 1.